The third-order valence-electron chi connectivity index (χ3n) is 8.22. The Kier molecular flexibility index (Phi) is 8.07. The average molecular weight is 523 g/mol. The Morgan fingerprint density at radius 1 is 1.08 bits per heavy atom. The minimum absolute atomic E-state index is 0.0318. The van der Waals surface area contributed by atoms with Crippen LogP contribution in [-0.2, 0) is 26.3 Å². The number of ether oxygens (including phenoxy) is 1. The molecule has 3 aliphatic heterocycles. The summed E-state index contributed by atoms with van der Waals surface area (Å²) in [6.45, 7) is 4.58. The fraction of sp³-hybridized carbons (Fsp3) is 0.517. The van der Waals surface area contributed by atoms with Gasteiger partial charge in [-0.25, -0.2) is 0 Å². The van der Waals surface area contributed by atoms with Gasteiger partial charge < -0.3 is 24.2 Å². The number of piperidine rings is 1. The highest BCUT2D eigenvalue weighted by Gasteiger charge is 2.45. The topological polar surface area (TPSA) is 65.1 Å². The third-order valence-corrected chi connectivity index (χ3v) is 8.98. The number of amides is 2. The van der Waals surface area contributed by atoms with Crippen molar-refractivity contribution < 1.29 is 14.3 Å². The molecular formula is C29H38N4O3S. The highest BCUT2D eigenvalue weighted by molar-refractivity contribution is 8.00. The van der Waals surface area contributed by atoms with Crippen LogP contribution in [0.5, 0.6) is 0 Å². The van der Waals surface area contributed by atoms with Gasteiger partial charge in [0.1, 0.15) is 6.04 Å². The number of anilines is 1. The van der Waals surface area contributed by atoms with E-state index in [1.807, 2.05) is 42.3 Å². The predicted octanol–water partition coefficient (Wildman–Crippen LogP) is 3.30. The lowest BCUT2D eigenvalue weighted by atomic mass is 9.74. The second-order valence-electron chi connectivity index (χ2n) is 10.7. The molecule has 8 heteroatoms. The predicted molar refractivity (Wildman–Crippen MR) is 148 cm³/mol. The summed E-state index contributed by atoms with van der Waals surface area (Å²) in [5.74, 6) is -0.151. The van der Waals surface area contributed by atoms with Crippen LogP contribution in [0.4, 0.5) is 5.69 Å². The number of nitrogens with zero attached hydrogens (tertiary/aromatic N) is 3. The summed E-state index contributed by atoms with van der Waals surface area (Å²) in [5, 5.41) is 3.06. The van der Waals surface area contributed by atoms with Gasteiger partial charge in [0.2, 0.25) is 11.8 Å². The zero-order valence-electron chi connectivity index (χ0n) is 21.9. The zero-order chi connectivity index (χ0) is 25.8. The van der Waals surface area contributed by atoms with E-state index in [1.165, 1.54) is 11.3 Å². The van der Waals surface area contributed by atoms with Gasteiger partial charge in [-0.1, -0.05) is 60.5 Å². The first-order chi connectivity index (χ1) is 18.0. The Morgan fingerprint density at radius 2 is 1.81 bits per heavy atom. The lowest BCUT2D eigenvalue weighted by molar-refractivity contribution is -0.140. The molecule has 0 aliphatic carbocycles. The van der Waals surface area contributed by atoms with Crippen LogP contribution in [0.15, 0.2) is 54.6 Å². The molecule has 2 amide bonds. The largest absolute Gasteiger partial charge is 0.374 e. The van der Waals surface area contributed by atoms with E-state index in [-0.39, 0.29) is 29.8 Å². The first-order valence-electron chi connectivity index (χ1n) is 13.3. The van der Waals surface area contributed by atoms with Crippen LogP contribution in [0.2, 0.25) is 0 Å². The average Bonchev–Trinajstić information content (AvgIpc) is 3.50. The minimum Gasteiger partial charge on any atom is -0.374 e. The molecule has 0 bridgehead atoms. The lowest BCUT2D eigenvalue weighted by Gasteiger charge is -2.41. The van der Waals surface area contributed by atoms with E-state index in [4.69, 9.17) is 4.74 Å². The van der Waals surface area contributed by atoms with Crippen LogP contribution < -0.4 is 9.62 Å². The van der Waals surface area contributed by atoms with Crippen molar-refractivity contribution in [2.45, 2.75) is 37.3 Å². The van der Waals surface area contributed by atoms with Gasteiger partial charge in [0.05, 0.1) is 24.8 Å². The van der Waals surface area contributed by atoms with Crippen LogP contribution in [0, 0.1) is 5.92 Å². The fourth-order valence-electron chi connectivity index (χ4n) is 6.03. The first-order valence-corrected chi connectivity index (χ1v) is 14.5. The van der Waals surface area contributed by atoms with E-state index in [2.05, 4.69) is 45.0 Å². The van der Waals surface area contributed by atoms with Gasteiger partial charge in [-0.3, -0.25) is 9.59 Å². The molecule has 7 nitrogen and oxygen atoms in total. The first kappa shape index (κ1) is 26.1. The summed E-state index contributed by atoms with van der Waals surface area (Å²) in [6.07, 6.45) is 4.79. The van der Waals surface area contributed by atoms with Crippen LogP contribution in [0.25, 0.3) is 0 Å². The molecule has 2 aromatic carbocycles. The second-order valence-corrected chi connectivity index (χ2v) is 11.5. The van der Waals surface area contributed by atoms with Crippen molar-refractivity contribution >= 4 is 29.4 Å². The normalized spacial score (nSPS) is 21.7. The Labute approximate surface area is 224 Å². The molecule has 1 N–H and O–H groups in total. The van der Waals surface area contributed by atoms with E-state index in [1.54, 1.807) is 11.9 Å². The van der Waals surface area contributed by atoms with Crippen LogP contribution in [-0.4, -0.2) is 80.3 Å². The van der Waals surface area contributed by atoms with Gasteiger partial charge >= 0.3 is 0 Å². The summed E-state index contributed by atoms with van der Waals surface area (Å²) in [7, 11) is 2.03. The molecule has 0 radical (unpaired) electrons. The van der Waals surface area contributed by atoms with Gasteiger partial charge in [0.15, 0.2) is 0 Å². The maximum atomic E-state index is 13.7. The maximum absolute atomic E-state index is 13.7. The number of carbonyl (C=O) groups is 2. The van der Waals surface area contributed by atoms with Crippen molar-refractivity contribution in [1.29, 1.82) is 0 Å². The van der Waals surface area contributed by atoms with Crippen molar-refractivity contribution in [3.63, 3.8) is 0 Å². The van der Waals surface area contributed by atoms with E-state index >= 15 is 0 Å². The standard InChI is InChI=1S/C29H38N4O3S/c1-31-15-12-23(18-31)27(34)30-25(20-36-19-22-8-4-3-5-9-22)28(35)32-16-13-29(14-17-32)21-33(37-2)26-11-7-6-10-24(26)29/h3-11,23,25H,12-21H2,1-2H3,(H,30,34)/t23?,25-/m1/s1. The summed E-state index contributed by atoms with van der Waals surface area (Å²) in [4.78, 5) is 30.9. The Balaban J connectivity index is 1.24. The van der Waals surface area contributed by atoms with E-state index < -0.39 is 6.04 Å². The number of nitrogens with one attached hydrogen (secondary N) is 1. The van der Waals surface area contributed by atoms with Gasteiger partial charge in [0, 0.05) is 37.8 Å². The van der Waals surface area contributed by atoms with Crippen molar-refractivity contribution in [2.24, 2.45) is 5.92 Å². The lowest BCUT2D eigenvalue weighted by Crippen LogP contribution is -2.55. The van der Waals surface area contributed by atoms with Crippen LogP contribution in [0.1, 0.15) is 30.4 Å². The summed E-state index contributed by atoms with van der Waals surface area (Å²) >= 11 is 1.77. The number of benzene rings is 2. The molecule has 2 atom stereocenters. The second kappa shape index (κ2) is 11.5. The van der Waals surface area contributed by atoms with Gasteiger partial charge in [-0.2, -0.15) is 0 Å². The molecule has 1 spiro atoms. The van der Waals surface area contributed by atoms with Crippen molar-refractivity contribution in [1.82, 2.24) is 15.1 Å². The van der Waals surface area contributed by atoms with Gasteiger partial charge in [0.25, 0.3) is 0 Å². The van der Waals surface area contributed by atoms with Gasteiger partial charge in [-0.15, -0.1) is 0 Å². The molecule has 1 unspecified atom stereocenters. The van der Waals surface area contributed by atoms with Crippen molar-refractivity contribution in [3.8, 4) is 0 Å². The van der Waals surface area contributed by atoms with E-state index in [0.717, 1.165) is 44.5 Å². The molecule has 2 saturated heterocycles. The molecule has 198 valence electrons. The number of hydrogen-bond acceptors (Lipinski definition) is 6. The minimum atomic E-state index is -0.672. The van der Waals surface area contributed by atoms with Gasteiger partial charge in [-0.05, 0) is 50.0 Å². The number of likely N-dealkylation sites (tertiary alicyclic amines) is 2. The third kappa shape index (κ3) is 5.66. The quantitative estimate of drug-likeness (QED) is 0.537. The fourth-order valence-corrected chi connectivity index (χ4v) is 6.76. The molecule has 2 aromatic rings. The smallest absolute Gasteiger partial charge is 0.247 e. The number of hydrogen-bond donors (Lipinski definition) is 1. The molecule has 3 aliphatic rings. The Hall–Kier alpha value is -2.55. The van der Waals surface area contributed by atoms with E-state index in [9.17, 15) is 9.59 Å². The molecule has 5 rings (SSSR count). The maximum Gasteiger partial charge on any atom is 0.247 e. The summed E-state index contributed by atoms with van der Waals surface area (Å²) in [5.41, 5.74) is 3.83. The Morgan fingerprint density at radius 3 is 2.51 bits per heavy atom. The molecule has 2 fully saturated rings. The monoisotopic (exact) mass is 522 g/mol. The van der Waals surface area contributed by atoms with Crippen LogP contribution in [0.3, 0.4) is 0 Å². The van der Waals surface area contributed by atoms with Crippen molar-refractivity contribution in [3.05, 3.63) is 65.7 Å². The number of rotatable bonds is 8. The highest BCUT2D eigenvalue weighted by atomic mass is 32.2. The Bertz CT molecular complexity index is 1090. The molecule has 37 heavy (non-hydrogen) atoms. The number of para-hydroxylation sites is 1. The highest BCUT2D eigenvalue weighted by Crippen LogP contribution is 2.48. The molecule has 0 aromatic heterocycles. The van der Waals surface area contributed by atoms with Crippen molar-refractivity contribution in [2.75, 3.05) is 56.9 Å². The SMILES string of the molecule is CSN1CC2(CCN(C(=O)[C@@H](COCc3ccccc3)NC(=O)C3CCN(C)C3)CC2)c2ccccc21. The number of fused-ring (bicyclic) bond motifs is 2. The molecule has 0 saturated carbocycles. The van der Waals surface area contributed by atoms with E-state index in [0.29, 0.717) is 19.7 Å². The van der Waals surface area contributed by atoms with Crippen LogP contribution >= 0.6 is 11.9 Å². The summed E-state index contributed by atoms with van der Waals surface area (Å²) in [6, 6.07) is 17.9. The summed E-state index contributed by atoms with van der Waals surface area (Å²) < 4.78 is 8.35. The number of carbonyl (C=O) groups excluding carboxylic acids is 2. The zero-order valence-corrected chi connectivity index (χ0v) is 22.7. The molecule has 3 heterocycles. The molecular weight excluding hydrogens is 484 g/mol.